The summed E-state index contributed by atoms with van der Waals surface area (Å²) in [6.07, 6.45) is 1.70. The summed E-state index contributed by atoms with van der Waals surface area (Å²) in [5.41, 5.74) is 0. The van der Waals surface area contributed by atoms with E-state index in [4.69, 9.17) is 9.47 Å². The molecule has 0 radical (unpaired) electrons. The Morgan fingerprint density at radius 1 is 0.917 bits per heavy atom. The van der Waals surface area contributed by atoms with Crippen LogP contribution in [0.3, 0.4) is 0 Å². The second kappa shape index (κ2) is 2.67. The molecule has 0 spiro atoms. The van der Waals surface area contributed by atoms with Crippen LogP contribution in [0.1, 0.15) is 6.42 Å². The SMILES string of the molecule is C1CN2CN3CCOC3CC2O1. The Morgan fingerprint density at radius 2 is 1.50 bits per heavy atom. The van der Waals surface area contributed by atoms with E-state index in [2.05, 4.69) is 9.80 Å². The smallest absolute Gasteiger partial charge is 0.115 e. The van der Waals surface area contributed by atoms with E-state index >= 15 is 0 Å². The summed E-state index contributed by atoms with van der Waals surface area (Å²) in [6, 6.07) is 0. The summed E-state index contributed by atoms with van der Waals surface area (Å²) in [5.74, 6) is 0. The number of hydrogen-bond acceptors (Lipinski definition) is 4. The molecule has 3 heterocycles. The van der Waals surface area contributed by atoms with Gasteiger partial charge in [-0.2, -0.15) is 0 Å². The lowest BCUT2D eigenvalue weighted by atomic mass is 10.2. The first kappa shape index (κ1) is 7.26. The molecule has 2 unspecified atom stereocenters. The van der Waals surface area contributed by atoms with E-state index in [1.807, 2.05) is 0 Å². The highest BCUT2D eigenvalue weighted by molar-refractivity contribution is 4.82. The molecule has 68 valence electrons. The predicted molar refractivity (Wildman–Crippen MR) is 42.4 cm³/mol. The molecule has 3 fully saturated rings. The molecule has 3 aliphatic rings. The lowest BCUT2D eigenvalue weighted by Crippen LogP contribution is -2.50. The van der Waals surface area contributed by atoms with Crippen molar-refractivity contribution in [3.05, 3.63) is 0 Å². The molecule has 0 aromatic carbocycles. The minimum Gasteiger partial charge on any atom is -0.362 e. The van der Waals surface area contributed by atoms with Gasteiger partial charge in [-0.25, -0.2) is 0 Å². The van der Waals surface area contributed by atoms with Crippen molar-refractivity contribution in [2.75, 3.05) is 33.0 Å². The van der Waals surface area contributed by atoms with Gasteiger partial charge in [-0.1, -0.05) is 0 Å². The van der Waals surface area contributed by atoms with Crippen LogP contribution in [-0.4, -0.2) is 55.2 Å². The molecule has 0 N–H and O–H groups in total. The highest BCUT2D eigenvalue weighted by Gasteiger charge is 2.39. The highest BCUT2D eigenvalue weighted by Crippen LogP contribution is 2.27. The first-order chi connectivity index (χ1) is 5.93. The van der Waals surface area contributed by atoms with Gasteiger partial charge in [0, 0.05) is 19.5 Å². The van der Waals surface area contributed by atoms with Crippen molar-refractivity contribution < 1.29 is 9.47 Å². The van der Waals surface area contributed by atoms with Crippen LogP contribution in [0, 0.1) is 0 Å². The Morgan fingerprint density at radius 3 is 2.08 bits per heavy atom. The monoisotopic (exact) mass is 170 g/mol. The molecule has 0 bridgehead atoms. The molecule has 0 aromatic rings. The highest BCUT2D eigenvalue weighted by atomic mass is 16.5. The molecular formula is C8H14N2O2. The molecule has 4 heteroatoms. The summed E-state index contributed by atoms with van der Waals surface area (Å²) < 4.78 is 11.2. The van der Waals surface area contributed by atoms with Crippen LogP contribution in [0.4, 0.5) is 0 Å². The lowest BCUT2D eigenvalue weighted by Gasteiger charge is -2.37. The first-order valence-corrected chi connectivity index (χ1v) is 4.65. The molecule has 12 heavy (non-hydrogen) atoms. The number of fused-ring (bicyclic) bond motifs is 2. The van der Waals surface area contributed by atoms with Crippen molar-refractivity contribution in [2.24, 2.45) is 0 Å². The van der Waals surface area contributed by atoms with E-state index in [9.17, 15) is 0 Å². The van der Waals surface area contributed by atoms with Crippen molar-refractivity contribution in [1.29, 1.82) is 0 Å². The number of nitrogens with zero attached hydrogens (tertiary/aromatic N) is 2. The van der Waals surface area contributed by atoms with Crippen LogP contribution >= 0.6 is 0 Å². The van der Waals surface area contributed by atoms with E-state index in [0.717, 1.165) is 39.4 Å². The zero-order valence-electron chi connectivity index (χ0n) is 7.11. The molecule has 0 aliphatic carbocycles. The number of hydrogen-bond donors (Lipinski definition) is 0. The molecule has 2 atom stereocenters. The van der Waals surface area contributed by atoms with Gasteiger partial charge in [0.15, 0.2) is 0 Å². The van der Waals surface area contributed by atoms with E-state index in [1.165, 1.54) is 0 Å². The topological polar surface area (TPSA) is 24.9 Å². The average Bonchev–Trinajstić information content (AvgIpc) is 2.64. The maximum Gasteiger partial charge on any atom is 0.115 e. The third-order valence-electron chi connectivity index (χ3n) is 2.96. The Labute approximate surface area is 72.0 Å². The molecule has 0 aromatic heterocycles. The van der Waals surface area contributed by atoms with Crippen LogP contribution in [0.15, 0.2) is 0 Å². The van der Waals surface area contributed by atoms with Gasteiger partial charge >= 0.3 is 0 Å². The van der Waals surface area contributed by atoms with Crippen molar-refractivity contribution in [3.63, 3.8) is 0 Å². The van der Waals surface area contributed by atoms with Gasteiger partial charge in [-0.15, -0.1) is 0 Å². The standard InChI is InChI=1S/C8H14N2O2/c1-3-11-7-5-8-10(2-4-12-8)6-9(1)7/h7-8H,1-6H2. The first-order valence-electron chi connectivity index (χ1n) is 4.65. The van der Waals surface area contributed by atoms with Crippen molar-refractivity contribution in [2.45, 2.75) is 18.9 Å². The largest absolute Gasteiger partial charge is 0.362 e. The van der Waals surface area contributed by atoms with Crippen LogP contribution < -0.4 is 0 Å². The second-order valence-electron chi connectivity index (χ2n) is 3.65. The quantitative estimate of drug-likeness (QED) is 0.497. The van der Waals surface area contributed by atoms with E-state index in [1.54, 1.807) is 0 Å². The summed E-state index contributed by atoms with van der Waals surface area (Å²) in [5, 5.41) is 0. The lowest BCUT2D eigenvalue weighted by molar-refractivity contribution is -0.109. The normalized spacial score (nSPS) is 43.0. The van der Waals surface area contributed by atoms with Crippen molar-refractivity contribution in [3.8, 4) is 0 Å². The molecular weight excluding hydrogens is 156 g/mol. The summed E-state index contributed by atoms with van der Waals surface area (Å²) >= 11 is 0. The third-order valence-corrected chi connectivity index (χ3v) is 2.96. The Bertz CT molecular complexity index is 152. The zero-order valence-corrected chi connectivity index (χ0v) is 7.11. The van der Waals surface area contributed by atoms with Crippen molar-refractivity contribution in [1.82, 2.24) is 9.80 Å². The van der Waals surface area contributed by atoms with Gasteiger partial charge in [0.05, 0.1) is 19.9 Å². The van der Waals surface area contributed by atoms with E-state index in [0.29, 0.717) is 12.5 Å². The summed E-state index contributed by atoms with van der Waals surface area (Å²) in [4.78, 5) is 4.79. The van der Waals surface area contributed by atoms with Gasteiger partial charge in [-0.05, 0) is 0 Å². The Kier molecular flexibility index (Phi) is 1.61. The minimum absolute atomic E-state index is 0.337. The third kappa shape index (κ3) is 0.992. The zero-order chi connectivity index (χ0) is 7.97. The molecule has 3 aliphatic heterocycles. The fourth-order valence-corrected chi connectivity index (χ4v) is 2.27. The fourth-order valence-electron chi connectivity index (χ4n) is 2.27. The van der Waals surface area contributed by atoms with E-state index < -0.39 is 0 Å². The van der Waals surface area contributed by atoms with Gasteiger partial charge < -0.3 is 9.47 Å². The molecule has 3 rings (SSSR count). The van der Waals surface area contributed by atoms with Crippen LogP contribution in [0.25, 0.3) is 0 Å². The van der Waals surface area contributed by atoms with Gasteiger partial charge in [0.25, 0.3) is 0 Å². The van der Waals surface area contributed by atoms with E-state index in [-0.39, 0.29) is 0 Å². The molecule has 0 saturated carbocycles. The predicted octanol–water partition coefficient (Wildman–Crippen LogP) is -0.336. The Hall–Kier alpha value is -0.160. The Balaban J connectivity index is 1.75. The molecule has 4 nitrogen and oxygen atoms in total. The van der Waals surface area contributed by atoms with Gasteiger partial charge in [0.2, 0.25) is 0 Å². The fraction of sp³-hybridized carbons (Fsp3) is 1.00. The van der Waals surface area contributed by atoms with Crippen LogP contribution in [0.5, 0.6) is 0 Å². The molecule has 3 saturated heterocycles. The number of rotatable bonds is 0. The molecule has 0 amide bonds. The minimum atomic E-state index is 0.337. The second-order valence-corrected chi connectivity index (χ2v) is 3.65. The summed E-state index contributed by atoms with van der Waals surface area (Å²) in [7, 11) is 0. The summed E-state index contributed by atoms with van der Waals surface area (Å²) in [6.45, 7) is 5.01. The van der Waals surface area contributed by atoms with Gasteiger partial charge in [-0.3, -0.25) is 9.80 Å². The average molecular weight is 170 g/mol. The maximum absolute atomic E-state index is 5.58. The van der Waals surface area contributed by atoms with Crippen LogP contribution in [-0.2, 0) is 9.47 Å². The number of ether oxygens (including phenoxy) is 2. The maximum atomic E-state index is 5.58. The van der Waals surface area contributed by atoms with Crippen molar-refractivity contribution >= 4 is 0 Å². The van der Waals surface area contributed by atoms with Crippen LogP contribution in [0.2, 0.25) is 0 Å². The van der Waals surface area contributed by atoms with Gasteiger partial charge in [0.1, 0.15) is 12.5 Å².